The van der Waals surface area contributed by atoms with E-state index in [0.29, 0.717) is 30.3 Å². The summed E-state index contributed by atoms with van der Waals surface area (Å²) in [6.45, 7) is 5.13. The maximum atomic E-state index is 13.7. The minimum Gasteiger partial charge on any atom is -0.279 e. The number of benzene rings is 3. The first kappa shape index (κ1) is 25.0. The summed E-state index contributed by atoms with van der Waals surface area (Å²) in [4.78, 5) is 20.2. The normalized spacial score (nSPS) is 11.7. The van der Waals surface area contributed by atoms with Crippen LogP contribution in [0.2, 0.25) is 0 Å². The standard InChI is InChI=1S/C27H29N3O3S2/c1-3-5-19-29(4-2)35(32,33)23-17-15-22(16-18-23)26(31)30(20-21-11-7-6-8-12-21)27-28-24-13-9-10-14-25(24)34-27/h6-18H,3-5,19-20H2,1-2H3. The van der Waals surface area contributed by atoms with Crippen LogP contribution in [0, 0.1) is 0 Å². The van der Waals surface area contributed by atoms with Gasteiger partial charge in [-0.05, 0) is 48.4 Å². The lowest BCUT2D eigenvalue weighted by molar-refractivity contribution is 0.0985. The van der Waals surface area contributed by atoms with E-state index in [4.69, 9.17) is 4.98 Å². The predicted molar refractivity (Wildman–Crippen MR) is 142 cm³/mol. The lowest BCUT2D eigenvalue weighted by Gasteiger charge is -2.22. The molecule has 0 unspecified atom stereocenters. The highest BCUT2D eigenvalue weighted by Crippen LogP contribution is 2.31. The first-order chi connectivity index (χ1) is 16.9. The van der Waals surface area contributed by atoms with Crippen LogP contribution in [0.4, 0.5) is 5.13 Å². The molecule has 4 rings (SSSR count). The molecule has 0 aliphatic heterocycles. The van der Waals surface area contributed by atoms with Gasteiger partial charge in [0.25, 0.3) is 5.91 Å². The second-order valence-corrected chi connectivity index (χ2v) is 11.2. The van der Waals surface area contributed by atoms with E-state index in [1.807, 2.05) is 68.4 Å². The van der Waals surface area contributed by atoms with Gasteiger partial charge in [-0.2, -0.15) is 4.31 Å². The van der Waals surface area contributed by atoms with E-state index in [1.54, 1.807) is 17.0 Å². The lowest BCUT2D eigenvalue weighted by Crippen LogP contribution is -2.32. The average Bonchev–Trinajstić information content (AvgIpc) is 3.32. The summed E-state index contributed by atoms with van der Waals surface area (Å²) in [6.07, 6.45) is 1.72. The number of amides is 1. The van der Waals surface area contributed by atoms with Crippen LogP contribution in [0.1, 0.15) is 42.6 Å². The minimum atomic E-state index is -3.61. The Morgan fingerprint density at radius 3 is 2.26 bits per heavy atom. The van der Waals surface area contributed by atoms with Crippen molar-refractivity contribution in [1.82, 2.24) is 9.29 Å². The summed E-state index contributed by atoms with van der Waals surface area (Å²) in [5, 5.41) is 0.605. The number of carbonyl (C=O) groups is 1. The molecule has 0 radical (unpaired) electrons. The number of anilines is 1. The SMILES string of the molecule is CCCCN(CC)S(=O)(=O)c1ccc(C(=O)N(Cc2ccccc2)c2nc3ccccc3s2)cc1. The largest absolute Gasteiger partial charge is 0.279 e. The van der Waals surface area contributed by atoms with Crippen LogP contribution in [0.25, 0.3) is 10.2 Å². The van der Waals surface area contributed by atoms with Gasteiger partial charge in [0.15, 0.2) is 5.13 Å². The van der Waals surface area contributed by atoms with E-state index >= 15 is 0 Å². The second kappa shape index (κ2) is 11.1. The molecule has 0 atom stereocenters. The Labute approximate surface area is 210 Å². The van der Waals surface area contributed by atoms with Gasteiger partial charge in [0.05, 0.1) is 21.7 Å². The summed E-state index contributed by atoms with van der Waals surface area (Å²) in [6, 6.07) is 23.8. The molecule has 0 aliphatic rings. The molecule has 0 fully saturated rings. The van der Waals surface area contributed by atoms with Gasteiger partial charge >= 0.3 is 0 Å². The number of rotatable bonds is 10. The molecular weight excluding hydrogens is 478 g/mol. The van der Waals surface area contributed by atoms with Gasteiger partial charge in [0.2, 0.25) is 10.0 Å². The van der Waals surface area contributed by atoms with Gasteiger partial charge in [-0.1, -0.05) is 74.1 Å². The van der Waals surface area contributed by atoms with Crippen LogP contribution in [-0.4, -0.2) is 36.7 Å². The fourth-order valence-electron chi connectivity index (χ4n) is 3.82. The summed E-state index contributed by atoms with van der Waals surface area (Å²) in [5.74, 6) is -0.227. The van der Waals surface area contributed by atoms with Crippen LogP contribution in [-0.2, 0) is 16.6 Å². The van der Waals surface area contributed by atoms with Gasteiger partial charge in [-0.15, -0.1) is 0 Å². The zero-order chi connectivity index (χ0) is 24.8. The van der Waals surface area contributed by atoms with Crippen molar-refractivity contribution < 1.29 is 13.2 Å². The van der Waals surface area contributed by atoms with Gasteiger partial charge in [0, 0.05) is 18.7 Å². The Hall–Kier alpha value is -3.07. The van der Waals surface area contributed by atoms with Crippen molar-refractivity contribution >= 4 is 42.6 Å². The Morgan fingerprint density at radius 1 is 0.914 bits per heavy atom. The fraction of sp³-hybridized carbons (Fsp3) is 0.259. The zero-order valence-electron chi connectivity index (χ0n) is 19.9. The number of fused-ring (bicyclic) bond motifs is 1. The molecule has 1 aromatic heterocycles. The lowest BCUT2D eigenvalue weighted by atomic mass is 10.1. The molecule has 8 heteroatoms. The average molecular weight is 508 g/mol. The van der Waals surface area contributed by atoms with Gasteiger partial charge in [-0.25, -0.2) is 13.4 Å². The molecule has 35 heavy (non-hydrogen) atoms. The molecule has 182 valence electrons. The maximum absolute atomic E-state index is 13.7. The molecule has 1 amide bonds. The third-order valence-corrected chi connectivity index (χ3v) is 8.84. The molecule has 4 aromatic rings. The van der Waals surface area contributed by atoms with E-state index in [9.17, 15) is 13.2 Å². The van der Waals surface area contributed by atoms with E-state index in [-0.39, 0.29) is 10.8 Å². The summed E-state index contributed by atoms with van der Waals surface area (Å²) in [7, 11) is -3.61. The van der Waals surface area contributed by atoms with Crippen molar-refractivity contribution in [3.05, 3.63) is 90.0 Å². The number of sulfonamides is 1. The fourth-order valence-corrected chi connectivity index (χ4v) is 6.28. The maximum Gasteiger partial charge on any atom is 0.260 e. The van der Waals surface area contributed by atoms with Gasteiger partial charge in [-0.3, -0.25) is 9.69 Å². The Balaban J connectivity index is 1.65. The number of nitrogens with zero attached hydrogens (tertiary/aromatic N) is 3. The number of para-hydroxylation sites is 1. The van der Waals surface area contributed by atoms with E-state index in [0.717, 1.165) is 28.6 Å². The van der Waals surface area contributed by atoms with Gasteiger partial charge in [0.1, 0.15) is 0 Å². The molecule has 0 spiro atoms. The highest BCUT2D eigenvalue weighted by atomic mass is 32.2. The minimum absolute atomic E-state index is 0.196. The number of aromatic nitrogens is 1. The van der Waals surface area contributed by atoms with Crippen LogP contribution < -0.4 is 4.90 Å². The second-order valence-electron chi connectivity index (χ2n) is 8.22. The van der Waals surface area contributed by atoms with Crippen LogP contribution in [0.3, 0.4) is 0 Å². The molecule has 0 bridgehead atoms. The molecule has 1 heterocycles. The van der Waals surface area contributed by atoms with E-state index < -0.39 is 10.0 Å². The Bertz CT molecular complexity index is 1350. The van der Waals surface area contributed by atoms with Crippen molar-refractivity contribution in [2.75, 3.05) is 18.0 Å². The third-order valence-electron chi connectivity index (χ3n) is 5.79. The molecule has 0 aliphatic carbocycles. The topological polar surface area (TPSA) is 70.6 Å². The van der Waals surface area contributed by atoms with Crippen molar-refractivity contribution in [1.29, 1.82) is 0 Å². The monoisotopic (exact) mass is 507 g/mol. The van der Waals surface area contributed by atoms with Crippen LogP contribution in [0.15, 0.2) is 83.8 Å². The molecule has 3 aromatic carbocycles. The highest BCUT2D eigenvalue weighted by molar-refractivity contribution is 7.89. The number of hydrogen-bond donors (Lipinski definition) is 0. The number of hydrogen-bond acceptors (Lipinski definition) is 5. The predicted octanol–water partition coefficient (Wildman–Crippen LogP) is 5.95. The third kappa shape index (κ3) is 5.61. The molecule has 0 saturated carbocycles. The van der Waals surface area contributed by atoms with E-state index in [1.165, 1.54) is 27.8 Å². The first-order valence-corrected chi connectivity index (χ1v) is 14.0. The number of carbonyl (C=O) groups excluding carboxylic acids is 1. The number of unbranched alkanes of at least 4 members (excludes halogenated alkanes) is 1. The van der Waals surface area contributed by atoms with E-state index in [2.05, 4.69) is 0 Å². The van der Waals surface area contributed by atoms with Crippen LogP contribution in [0.5, 0.6) is 0 Å². The first-order valence-electron chi connectivity index (χ1n) is 11.8. The summed E-state index contributed by atoms with van der Waals surface area (Å²) < 4.78 is 28.6. The Morgan fingerprint density at radius 2 is 1.60 bits per heavy atom. The molecule has 6 nitrogen and oxygen atoms in total. The molecular formula is C27H29N3O3S2. The molecule has 0 saturated heterocycles. The summed E-state index contributed by atoms with van der Waals surface area (Å²) in [5.41, 5.74) is 2.23. The van der Waals surface area contributed by atoms with Crippen molar-refractivity contribution in [2.45, 2.75) is 38.1 Å². The number of thiazole rings is 1. The summed E-state index contributed by atoms with van der Waals surface area (Å²) >= 11 is 1.46. The van der Waals surface area contributed by atoms with Crippen LogP contribution >= 0.6 is 11.3 Å². The van der Waals surface area contributed by atoms with Crippen molar-refractivity contribution in [3.8, 4) is 0 Å². The highest BCUT2D eigenvalue weighted by Gasteiger charge is 2.25. The smallest absolute Gasteiger partial charge is 0.260 e. The van der Waals surface area contributed by atoms with Crippen molar-refractivity contribution in [3.63, 3.8) is 0 Å². The zero-order valence-corrected chi connectivity index (χ0v) is 21.6. The van der Waals surface area contributed by atoms with Gasteiger partial charge < -0.3 is 0 Å². The molecule has 0 N–H and O–H groups in total. The van der Waals surface area contributed by atoms with Crippen molar-refractivity contribution in [2.24, 2.45) is 0 Å². The quantitative estimate of drug-likeness (QED) is 0.266. The Kier molecular flexibility index (Phi) is 7.95.